The first kappa shape index (κ1) is 15.2. The lowest BCUT2D eigenvalue weighted by Gasteiger charge is -2.09. The minimum absolute atomic E-state index is 0.0315. The quantitative estimate of drug-likeness (QED) is 0.259. The number of aliphatic hydroxyl groups is 1. The SMILES string of the molecule is COCCOCC(O)CSC(=N)N=C(N)N. The Balaban J connectivity index is 3.53. The van der Waals surface area contributed by atoms with E-state index < -0.39 is 6.10 Å². The third kappa shape index (κ3) is 9.71. The number of guanidine groups is 1. The Labute approximate surface area is 98.7 Å². The number of thioether (sulfide) groups is 1. The van der Waals surface area contributed by atoms with Crippen LogP contribution < -0.4 is 11.5 Å². The number of nitrogens with one attached hydrogen (secondary N) is 1. The molecule has 1 atom stereocenters. The minimum Gasteiger partial charge on any atom is -0.390 e. The molecule has 0 aliphatic rings. The van der Waals surface area contributed by atoms with E-state index >= 15 is 0 Å². The van der Waals surface area contributed by atoms with Crippen LogP contribution in [0, 0.1) is 5.41 Å². The zero-order chi connectivity index (χ0) is 12.4. The normalized spacial score (nSPS) is 12.1. The number of hydrogen-bond acceptors (Lipinski definition) is 5. The summed E-state index contributed by atoms with van der Waals surface area (Å²) < 4.78 is 9.88. The van der Waals surface area contributed by atoms with E-state index in [0.29, 0.717) is 19.0 Å². The monoisotopic (exact) mass is 250 g/mol. The molecule has 0 heterocycles. The Kier molecular flexibility index (Phi) is 8.91. The third-order valence-corrected chi connectivity index (χ3v) is 2.30. The van der Waals surface area contributed by atoms with Crippen molar-refractivity contribution in [1.82, 2.24) is 0 Å². The average molecular weight is 250 g/mol. The molecule has 0 aromatic heterocycles. The fourth-order valence-corrected chi connectivity index (χ4v) is 1.35. The molecule has 0 aromatic carbocycles. The van der Waals surface area contributed by atoms with Gasteiger partial charge in [0.15, 0.2) is 11.1 Å². The van der Waals surface area contributed by atoms with Gasteiger partial charge in [-0.1, -0.05) is 11.8 Å². The van der Waals surface area contributed by atoms with Gasteiger partial charge in [-0.25, -0.2) is 0 Å². The molecule has 0 bridgehead atoms. The second-order valence-corrected chi connectivity index (χ2v) is 3.88. The smallest absolute Gasteiger partial charge is 0.193 e. The van der Waals surface area contributed by atoms with Crippen molar-refractivity contribution in [3.8, 4) is 0 Å². The third-order valence-electron chi connectivity index (χ3n) is 1.39. The maximum atomic E-state index is 9.44. The molecular formula is C8H18N4O3S. The van der Waals surface area contributed by atoms with Crippen LogP contribution in [0.2, 0.25) is 0 Å². The molecule has 0 saturated carbocycles. The van der Waals surface area contributed by atoms with Crippen LogP contribution in [0.25, 0.3) is 0 Å². The van der Waals surface area contributed by atoms with Crippen molar-refractivity contribution in [1.29, 1.82) is 5.41 Å². The maximum Gasteiger partial charge on any atom is 0.193 e. The fourth-order valence-electron chi connectivity index (χ4n) is 0.734. The molecule has 94 valence electrons. The zero-order valence-corrected chi connectivity index (χ0v) is 10.00. The number of hydrogen-bond donors (Lipinski definition) is 4. The summed E-state index contributed by atoms with van der Waals surface area (Å²) in [7, 11) is 1.58. The topological polar surface area (TPSA) is 127 Å². The van der Waals surface area contributed by atoms with E-state index in [4.69, 9.17) is 26.4 Å². The van der Waals surface area contributed by atoms with E-state index in [-0.39, 0.29) is 17.7 Å². The molecule has 6 N–H and O–H groups in total. The van der Waals surface area contributed by atoms with Gasteiger partial charge in [-0.3, -0.25) is 5.41 Å². The Hall–Kier alpha value is -0.830. The number of nitrogens with two attached hydrogens (primary N) is 2. The van der Waals surface area contributed by atoms with Gasteiger partial charge in [-0.2, -0.15) is 4.99 Å². The van der Waals surface area contributed by atoms with Crippen molar-refractivity contribution in [3.63, 3.8) is 0 Å². The predicted molar refractivity (Wildman–Crippen MR) is 64.7 cm³/mol. The Morgan fingerprint density at radius 3 is 2.75 bits per heavy atom. The fraction of sp³-hybridized carbons (Fsp3) is 0.750. The molecule has 0 aliphatic carbocycles. The number of aliphatic imine (C=N–C) groups is 1. The van der Waals surface area contributed by atoms with Gasteiger partial charge in [-0.15, -0.1) is 0 Å². The molecule has 0 saturated heterocycles. The summed E-state index contributed by atoms with van der Waals surface area (Å²) in [6.45, 7) is 1.12. The molecule has 1 unspecified atom stereocenters. The lowest BCUT2D eigenvalue weighted by atomic mass is 10.4. The number of nitrogens with zero attached hydrogens (tertiary/aromatic N) is 1. The van der Waals surface area contributed by atoms with Crippen molar-refractivity contribution in [2.24, 2.45) is 16.5 Å². The molecule has 0 spiro atoms. The van der Waals surface area contributed by atoms with Gasteiger partial charge in [0, 0.05) is 12.9 Å². The molecular weight excluding hydrogens is 232 g/mol. The lowest BCUT2D eigenvalue weighted by molar-refractivity contribution is 0.0219. The molecule has 0 amide bonds. The highest BCUT2D eigenvalue weighted by Crippen LogP contribution is 2.06. The number of ether oxygens (including phenoxy) is 2. The van der Waals surface area contributed by atoms with Crippen LogP contribution in [0.3, 0.4) is 0 Å². The van der Waals surface area contributed by atoms with E-state index in [1.165, 1.54) is 0 Å². The summed E-state index contributed by atoms with van der Waals surface area (Å²) in [6, 6.07) is 0. The van der Waals surface area contributed by atoms with Gasteiger partial charge in [0.1, 0.15) is 0 Å². The highest BCUT2D eigenvalue weighted by Gasteiger charge is 2.06. The first-order valence-corrected chi connectivity index (χ1v) is 5.60. The van der Waals surface area contributed by atoms with Gasteiger partial charge in [0.2, 0.25) is 0 Å². The Bertz CT molecular complexity index is 233. The minimum atomic E-state index is -0.656. The van der Waals surface area contributed by atoms with E-state index in [0.717, 1.165) is 11.8 Å². The summed E-state index contributed by atoms with van der Waals surface area (Å²) in [5.41, 5.74) is 10.2. The first-order chi connectivity index (χ1) is 7.56. The maximum absolute atomic E-state index is 9.44. The van der Waals surface area contributed by atoms with Gasteiger partial charge < -0.3 is 26.0 Å². The van der Waals surface area contributed by atoms with Crippen LogP contribution in [0.1, 0.15) is 0 Å². The first-order valence-electron chi connectivity index (χ1n) is 4.62. The number of methoxy groups -OCH3 is 1. The molecule has 0 radical (unpaired) electrons. The van der Waals surface area contributed by atoms with Gasteiger partial charge in [0.25, 0.3) is 0 Å². The average Bonchev–Trinajstić information content (AvgIpc) is 2.20. The van der Waals surface area contributed by atoms with E-state index in [9.17, 15) is 5.11 Å². The summed E-state index contributed by atoms with van der Waals surface area (Å²) in [6.07, 6.45) is -0.656. The van der Waals surface area contributed by atoms with Gasteiger partial charge >= 0.3 is 0 Å². The van der Waals surface area contributed by atoms with Crippen molar-refractivity contribution in [2.75, 3.05) is 32.7 Å². The van der Waals surface area contributed by atoms with Crippen LogP contribution >= 0.6 is 11.8 Å². The summed E-state index contributed by atoms with van der Waals surface area (Å²) >= 11 is 1.05. The number of amidine groups is 1. The van der Waals surface area contributed by atoms with Crippen LogP contribution in [-0.2, 0) is 9.47 Å². The number of rotatable bonds is 7. The van der Waals surface area contributed by atoms with Crippen molar-refractivity contribution in [2.45, 2.75) is 6.10 Å². The van der Waals surface area contributed by atoms with E-state index in [1.807, 2.05) is 0 Å². The summed E-state index contributed by atoms with van der Waals surface area (Å²) in [5.74, 6) is 0.145. The van der Waals surface area contributed by atoms with E-state index in [1.54, 1.807) is 7.11 Å². The molecule has 16 heavy (non-hydrogen) atoms. The summed E-state index contributed by atoms with van der Waals surface area (Å²) in [5, 5.41) is 16.7. The molecule has 0 aliphatic heterocycles. The van der Waals surface area contributed by atoms with Gasteiger partial charge in [0.05, 0.1) is 25.9 Å². The second kappa shape index (κ2) is 9.40. The molecule has 0 rings (SSSR count). The van der Waals surface area contributed by atoms with E-state index in [2.05, 4.69) is 4.99 Å². The van der Waals surface area contributed by atoms with Crippen molar-refractivity contribution in [3.05, 3.63) is 0 Å². The van der Waals surface area contributed by atoms with Crippen molar-refractivity contribution < 1.29 is 14.6 Å². The van der Waals surface area contributed by atoms with Gasteiger partial charge in [-0.05, 0) is 0 Å². The standard InChI is InChI=1S/C8H18N4O3S/c1-14-2-3-15-4-6(13)5-16-8(11)12-7(9)10/h6,13H,2-5H2,1H3,(H5,9,10,11,12). The lowest BCUT2D eigenvalue weighted by Crippen LogP contribution is -2.24. The molecule has 0 fully saturated rings. The molecule has 7 nitrogen and oxygen atoms in total. The highest BCUT2D eigenvalue weighted by atomic mass is 32.2. The molecule has 8 heteroatoms. The van der Waals surface area contributed by atoms with Crippen molar-refractivity contribution >= 4 is 22.9 Å². The Morgan fingerprint density at radius 1 is 1.50 bits per heavy atom. The van der Waals surface area contributed by atoms with Crippen LogP contribution in [0.4, 0.5) is 0 Å². The number of aliphatic hydroxyl groups excluding tert-OH is 1. The predicted octanol–water partition coefficient (Wildman–Crippen LogP) is -1.05. The highest BCUT2D eigenvalue weighted by molar-refractivity contribution is 8.13. The zero-order valence-electron chi connectivity index (χ0n) is 9.18. The van der Waals surface area contributed by atoms with Crippen LogP contribution in [0.5, 0.6) is 0 Å². The summed E-state index contributed by atoms with van der Waals surface area (Å²) in [4.78, 5) is 3.51. The van der Waals surface area contributed by atoms with Crippen LogP contribution in [-0.4, -0.2) is 55.0 Å². The van der Waals surface area contributed by atoms with Crippen LogP contribution in [0.15, 0.2) is 4.99 Å². The Morgan fingerprint density at radius 2 is 2.19 bits per heavy atom. The largest absolute Gasteiger partial charge is 0.390 e. The second-order valence-electron chi connectivity index (χ2n) is 2.87. The molecule has 0 aromatic rings.